The van der Waals surface area contributed by atoms with Crippen LogP contribution in [0.1, 0.15) is 124 Å². The van der Waals surface area contributed by atoms with Crippen molar-refractivity contribution in [3.8, 4) is 11.5 Å². The topological polar surface area (TPSA) is 46.5 Å². The van der Waals surface area contributed by atoms with E-state index in [0.717, 1.165) is 35.3 Å². The molecule has 0 saturated carbocycles. The molecule has 2 aromatic carbocycles. The SMILES string of the molecule is CCCCCCCCCCCCCCCCc1ccc2c(c1C(=O)O)Cc1ccccc1O2. The van der Waals surface area contributed by atoms with Crippen molar-refractivity contribution in [3.05, 3.63) is 58.7 Å². The first-order valence-electron chi connectivity index (χ1n) is 13.3. The summed E-state index contributed by atoms with van der Waals surface area (Å²) in [7, 11) is 0. The van der Waals surface area contributed by atoms with Gasteiger partial charge in [0.25, 0.3) is 0 Å². The highest BCUT2D eigenvalue weighted by atomic mass is 16.5. The summed E-state index contributed by atoms with van der Waals surface area (Å²) in [5, 5.41) is 9.93. The van der Waals surface area contributed by atoms with Gasteiger partial charge in [0.05, 0.1) is 5.56 Å². The molecule has 0 amide bonds. The molecule has 0 atom stereocenters. The van der Waals surface area contributed by atoms with Gasteiger partial charge in [-0.1, -0.05) is 115 Å². The predicted octanol–water partition coefficient (Wildman–Crippen LogP) is 9.11. The molecule has 0 saturated heterocycles. The third-order valence-corrected chi connectivity index (χ3v) is 6.93. The van der Waals surface area contributed by atoms with Crippen molar-refractivity contribution in [1.82, 2.24) is 0 Å². The summed E-state index contributed by atoms with van der Waals surface area (Å²) in [6, 6.07) is 11.8. The Morgan fingerprint density at radius 2 is 1.33 bits per heavy atom. The number of para-hydroxylation sites is 1. The Balaban J connectivity index is 1.34. The smallest absolute Gasteiger partial charge is 0.336 e. The summed E-state index contributed by atoms with van der Waals surface area (Å²) >= 11 is 0. The van der Waals surface area contributed by atoms with Crippen LogP contribution in [0.15, 0.2) is 36.4 Å². The van der Waals surface area contributed by atoms with Crippen LogP contribution in [0.3, 0.4) is 0 Å². The highest BCUT2D eigenvalue weighted by Crippen LogP contribution is 2.39. The zero-order chi connectivity index (χ0) is 23.3. The number of fused-ring (bicyclic) bond motifs is 2. The number of unbranched alkanes of at least 4 members (excludes halogenated alkanes) is 13. The largest absolute Gasteiger partial charge is 0.478 e. The molecule has 2 aromatic rings. The Kier molecular flexibility index (Phi) is 10.8. The van der Waals surface area contributed by atoms with Gasteiger partial charge in [-0.05, 0) is 36.1 Å². The van der Waals surface area contributed by atoms with E-state index < -0.39 is 5.97 Å². The van der Waals surface area contributed by atoms with Crippen LogP contribution >= 0.6 is 0 Å². The van der Waals surface area contributed by atoms with Crippen molar-refractivity contribution in [3.63, 3.8) is 0 Å². The van der Waals surface area contributed by atoms with E-state index in [9.17, 15) is 9.90 Å². The number of carbonyl (C=O) groups is 1. The maximum Gasteiger partial charge on any atom is 0.336 e. The van der Waals surface area contributed by atoms with Crippen LogP contribution in [0.5, 0.6) is 11.5 Å². The van der Waals surface area contributed by atoms with Gasteiger partial charge < -0.3 is 9.84 Å². The minimum atomic E-state index is -0.838. The average Bonchev–Trinajstić information content (AvgIpc) is 2.82. The molecule has 3 rings (SSSR count). The second kappa shape index (κ2) is 14.1. The monoisotopic (exact) mass is 450 g/mol. The van der Waals surface area contributed by atoms with E-state index in [1.807, 2.05) is 36.4 Å². The fourth-order valence-electron chi connectivity index (χ4n) is 4.99. The molecule has 1 N–H and O–H groups in total. The van der Waals surface area contributed by atoms with Crippen molar-refractivity contribution in [2.45, 2.75) is 110 Å². The molecular formula is C30H42O3. The summed E-state index contributed by atoms with van der Waals surface area (Å²) in [6.07, 6.45) is 20.1. The lowest BCUT2D eigenvalue weighted by molar-refractivity contribution is 0.0694. The molecule has 0 unspecified atom stereocenters. The Morgan fingerprint density at radius 1 is 0.758 bits per heavy atom. The number of carboxylic acid groups (broad SMARTS) is 1. The zero-order valence-electron chi connectivity index (χ0n) is 20.5. The number of carboxylic acids is 1. The second-order valence-electron chi connectivity index (χ2n) is 9.61. The number of aromatic carboxylic acids is 1. The van der Waals surface area contributed by atoms with Crippen molar-refractivity contribution in [2.24, 2.45) is 0 Å². The number of rotatable bonds is 16. The van der Waals surface area contributed by atoms with Gasteiger partial charge in [0.2, 0.25) is 0 Å². The van der Waals surface area contributed by atoms with Gasteiger partial charge in [-0.15, -0.1) is 0 Å². The van der Waals surface area contributed by atoms with Gasteiger partial charge in [0.1, 0.15) is 11.5 Å². The van der Waals surface area contributed by atoms with Gasteiger partial charge in [0, 0.05) is 12.0 Å². The third-order valence-electron chi connectivity index (χ3n) is 6.93. The molecule has 0 fully saturated rings. The Labute approximate surface area is 200 Å². The van der Waals surface area contributed by atoms with E-state index in [-0.39, 0.29) is 0 Å². The van der Waals surface area contributed by atoms with Crippen LogP contribution in [0.4, 0.5) is 0 Å². The van der Waals surface area contributed by atoms with Gasteiger partial charge in [-0.3, -0.25) is 0 Å². The van der Waals surface area contributed by atoms with E-state index in [4.69, 9.17) is 4.74 Å². The summed E-state index contributed by atoms with van der Waals surface area (Å²) in [4.78, 5) is 12.1. The van der Waals surface area contributed by atoms with Crippen molar-refractivity contribution < 1.29 is 14.6 Å². The lowest BCUT2D eigenvalue weighted by atomic mass is 9.90. The highest BCUT2D eigenvalue weighted by Gasteiger charge is 2.24. The Bertz CT molecular complexity index is 871. The minimum absolute atomic E-state index is 0.455. The third kappa shape index (κ3) is 7.91. The molecule has 0 aliphatic carbocycles. The molecule has 1 heterocycles. The molecule has 0 spiro atoms. The Morgan fingerprint density at radius 3 is 1.94 bits per heavy atom. The predicted molar refractivity (Wildman–Crippen MR) is 137 cm³/mol. The molecule has 3 nitrogen and oxygen atoms in total. The van der Waals surface area contributed by atoms with E-state index in [1.165, 1.54) is 83.5 Å². The van der Waals surface area contributed by atoms with Gasteiger partial charge >= 0.3 is 5.97 Å². The maximum atomic E-state index is 12.1. The number of hydrogen-bond donors (Lipinski definition) is 1. The second-order valence-corrected chi connectivity index (χ2v) is 9.61. The van der Waals surface area contributed by atoms with E-state index in [0.29, 0.717) is 17.7 Å². The molecule has 180 valence electrons. The van der Waals surface area contributed by atoms with E-state index >= 15 is 0 Å². The summed E-state index contributed by atoms with van der Waals surface area (Å²) in [5.74, 6) is 0.687. The summed E-state index contributed by atoms with van der Waals surface area (Å²) in [6.45, 7) is 2.27. The highest BCUT2D eigenvalue weighted by molar-refractivity contribution is 5.92. The van der Waals surface area contributed by atoms with Crippen LogP contribution in [0, 0.1) is 0 Å². The molecule has 0 radical (unpaired) electrons. The van der Waals surface area contributed by atoms with E-state index in [1.54, 1.807) is 0 Å². The fourth-order valence-corrected chi connectivity index (χ4v) is 4.99. The van der Waals surface area contributed by atoms with Gasteiger partial charge in [-0.25, -0.2) is 4.79 Å². The first-order valence-corrected chi connectivity index (χ1v) is 13.3. The molecule has 33 heavy (non-hydrogen) atoms. The van der Waals surface area contributed by atoms with Crippen molar-refractivity contribution >= 4 is 5.97 Å². The molecule has 1 aliphatic rings. The quantitative estimate of drug-likeness (QED) is 0.221. The van der Waals surface area contributed by atoms with Crippen molar-refractivity contribution in [2.75, 3.05) is 0 Å². The van der Waals surface area contributed by atoms with Crippen molar-refractivity contribution in [1.29, 1.82) is 0 Å². The molecule has 3 heteroatoms. The lowest BCUT2D eigenvalue weighted by Gasteiger charge is -2.23. The molecule has 1 aliphatic heterocycles. The van der Waals surface area contributed by atoms with Gasteiger partial charge in [0.15, 0.2) is 0 Å². The van der Waals surface area contributed by atoms with Crippen LogP contribution in [-0.4, -0.2) is 11.1 Å². The minimum Gasteiger partial charge on any atom is -0.478 e. The van der Waals surface area contributed by atoms with Crippen LogP contribution in [0.2, 0.25) is 0 Å². The summed E-state index contributed by atoms with van der Waals surface area (Å²) < 4.78 is 5.99. The maximum absolute atomic E-state index is 12.1. The lowest BCUT2D eigenvalue weighted by Crippen LogP contribution is -2.12. The first-order chi connectivity index (χ1) is 16.2. The van der Waals surface area contributed by atoms with Gasteiger partial charge in [-0.2, -0.15) is 0 Å². The average molecular weight is 451 g/mol. The molecule has 0 bridgehead atoms. The fraction of sp³-hybridized carbons (Fsp3) is 0.567. The number of hydrogen-bond acceptors (Lipinski definition) is 2. The Hall–Kier alpha value is -2.29. The van der Waals surface area contributed by atoms with Crippen LogP contribution in [-0.2, 0) is 12.8 Å². The van der Waals surface area contributed by atoms with E-state index in [2.05, 4.69) is 6.92 Å². The molecular weight excluding hydrogens is 408 g/mol. The number of ether oxygens (including phenoxy) is 1. The van der Waals surface area contributed by atoms with Crippen LogP contribution in [0.25, 0.3) is 0 Å². The summed E-state index contributed by atoms with van der Waals surface area (Å²) in [5.41, 5.74) is 3.28. The number of benzene rings is 2. The normalized spacial score (nSPS) is 12.2. The molecule has 0 aromatic heterocycles. The number of aryl methyl sites for hydroxylation is 1. The first kappa shape index (κ1) is 25.3. The van der Waals surface area contributed by atoms with Crippen LogP contribution < -0.4 is 4.74 Å². The zero-order valence-corrected chi connectivity index (χ0v) is 20.5. The standard InChI is InChI=1S/C30H42O3/c1-2-3-4-5-6-7-8-9-10-11-12-13-14-15-18-24-21-22-28-26(29(24)30(31)32)23-25-19-16-17-20-27(25)33-28/h16-17,19-22H,2-15,18,23H2,1H3,(H,31,32).